The minimum Gasteiger partial charge on any atom is -0.370 e. The maximum atomic E-state index is 11.0. The number of nitrogens with one attached hydrogen (secondary N) is 1. The van der Waals surface area contributed by atoms with E-state index >= 15 is 0 Å². The van der Waals surface area contributed by atoms with Crippen LogP contribution in [-0.2, 0) is 0 Å². The number of aromatic nitrogens is 1. The molecule has 2 heterocycles. The van der Waals surface area contributed by atoms with Gasteiger partial charge < -0.3 is 10.2 Å². The van der Waals surface area contributed by atoms with Crippen LogP contribution in [0, 0.1) is 16.0 Å². The zero-order valence-corrected chi connectivity index (χ0v) is 12.1. The van der Waals surface area contributed by atoms with E-state index in [4.69, 9.17) is 0 Å². The molecular weight excluding hydrogens is 256 g/mol. The first-order chi connectivity index (χ1) is 9.63. The maximum Gasteiger partial charge on any atom is 0.276 e. The zero-order valence-electron chi connectivity index (χ0n) is 12.1. The summed E-state index contributed by atoms with van der Waals surface area (Å²) in [5.41, 5.74) is 0.101. The Labute approximate surface area is 119 Å². The summed E-state index contributed by atoms with van der Waals surface area (Å²) in [4.78, 5) is 17.3. The molecule has 1 N–H and O–H groups in total. The molecule has 0 unspecified atom stereocenters. The van der Waals surface area contributed by atoms with Crippen molar-refractivity contribution < 1.29 is 4.92 Å². The molecule has 1 aliphatic heterocycles. The number of rotatable bonds is 5. The molecule has 0 radical (unpaired) electrons. The second-order valence-electron chi connectivity index (χ2n) is 5.19. The Bertz CT molecular complexity index is 470. The number of piperidine rings is 1. The predicted molar refractivity (Wildman–Crippen MR) is 80.3 cm³/mol. The fourth-order valence-electron chi connectivity index (χ4n) is 2.61. The second kappa shape index (κ2) is 6.54. The van der Waals surface area contributed by atoms with Crippen molar-refractivity contribution in [1.29, 1.82) is 0 Å². The first-order valence-corrected chi connectivity index (χ1v) is 7.29. The number of pyridine rings is 1. The average Bonchev–Trinajstić information content (AvgIpc) is 2.47. The normalized spacial score (nSPS) is 16.2. The minimum absolute atomic E-state index is 0.101. The van der Waals surface area contributed by atoms with E-state index < -0.39 is 0 Å². The molecule has 1 fully saturated rings. The first-order valence-electron chi connectivity index (χ1n) is 7.29. The van der Waals surface area contributed by atoms with E-state index in [9.17, 15) is 10.1 Å². The summed E-state index contributed by atoms with van der Waals surface area (Å²) in [7, 11) is 0. The standard InChI is InChI=1S/C14H22N4O2/c1-3-11-5-7-17(8-6-11)14-10-12(18(19)20)9-13(16-14)15-4-2/h9-11H,3-8H2,1-2H3,(H,15,16). The van der Waals surface area contributed by atoms with Crippen molar-refractivity contribution in [1.82, 2.24) is 4.98 Å². The van der Waals surface area contributed by atoms with Crippen LogP contribution >= 0.6 is 0 Å². The van der Waals surface area contributed by atoms with Crippen LogP contribution in [0.1, 0.15) is 33.1 Å². The van der Waals surface area contributed by atoms with E-state index in [0.29, 0.717) is 18.2 Å². The SMILES string of the molecule is CCNc1cc([N+](=O)[O-])cc(N2CCC(CC)CC2)n1. The van der Waals surface area contributed by atoms with Crippen molar-refractivity contribution in [2.24, 2.45) is 5.92 Å². The summed E-state index contributed by atoms with van der Waals surface area (Å²) in [6.07, 6.45) is 3.48. The highest BCUT2D eigenvalue weighted by atomic mass is 16.6. The molecule has 0 aromatic carbocycles. The average molecular weight is 278 g/mol. The Morgan fingerprint density at radius 1 is 1.40 bits per heavy atom. The molecule has 0 amide bonds. The highest BCUT2D eigenvalue weighted by molar-refractivity contribution is 5.56. The number of nitro groups is 1. The van der Waals surface area contributed by atoms with Crippen molar-refractivity contribution in [3.05, 3.63) is 22.2 Å². The van der Waals surface area contributed by atoms with Crippen LogP contribution in [0.3, 0.4) is 0 Å². The predicted octanol–water partition coefficient (Wildman–Crippen LogP) is 3.05. The molecule has 6 heteroatoms. The number of nitrogens with zero attached hydrogens (tertiary/aromatic N) is 3. The molecule has 0 atom stereocenters. The lowest BCUT2D eigenvalue weighted by Crippen LogP contribution is -2.34. The third kappa shape index (κ3) is 3.37. The number of hydrogen-bond acceptors (Lipinski definition) is 5. The molecule has 0 saturated carbocycles. The van der Waals surface area contributed by atoms with Gasteiger partial charge in [0, 0.05) is 19.6 Å². The molecular formula is C14H22N4O2. The summed E-state index contributed by atoms with van der Waals surface area (Å²) in [6.45, 7) is 6.73. The molecule has 20 heavy (non-hydrogen) atoms. The lowest BCUT2D eigenvalue weighted by Gasteiger charge is -2.32. The largest absolute Gasteiger partial charge is 0.370 e. The van der Waals surface area contributed by atoms with Gasteiger partial charge in [0.2, 0.25) is 0 Å². The molecule has 0 spiro atoms. The molecule has 1 aromatic rings. The molecule has 1 saturated heterocycles. The van der Waals surface area contributed by atoms with Gasteiger partial charge in [0.25, 0.3) is 5.69 Å². The quantitative estimate of drug-likeness (QED) is 0.662. The third-order valence-electron chi connectivity index (χ3n) is 3.88. The van der Waals surface area contributed by atoms with Gasteiger partial charge in [0.05, 0.1) is 17.1 Å². The van der Waals surface area contributed by atoms with E-state index in [1.165, 1.54) is 12.5 Å². The van der Waals surface area contributed by atoms with Gasteiger partial charge in [-0.05, 0) is 25.7 Å². The smallest absolute Gasteiger partial charge is 0.276 e. The van der Waals surface area contributed by atoms with E-state index in [2.05, 4.69) is 22.1 Å². The molecule has 1 aliphatic rings. The number of anilines is 2. The van der Waals surface area contributed by atoms with Crippen molar-refractivity contribution in [2.45, 2.75) is 33.1 Å². The number of hydrogen-bond donors (Lipinski definition) is 1. The van der Waals surface area contributed by atoms with Gasteiger partial charge in [-0.3, -0.25) is 10.1 Å². The highest BCUT2D eigenvalue weighted by Gasteiger charge is 2.21. The summed E-state index contributed by atoms with van der Waals surface area (Å²) in [5, 5.41) is 14.1. The molecule has 2 rings (SSSR count). The van der Waals surface area contributed by atoms with Gasteiger partial charge in [-0.1, -0.05) is 13.3 Å². The summed E-state index contributed by atoms with van der Waals surface area (Å²) < 4.78 is 0. The summed E-state index contributed by atoms with van der Waals surface area (Å²) in [6, 6.07) is 3.07. The van der Waals surface area contributed by atoms with Crippen molar-refractivity contribution >= 4 is 17.3 Å². The van der Waals surface area contributed by atoms with Crippen LogP contribution < -0.4 is 10.2 Å². The van der Waals surface area contributed by atoms with Gasteiger partial charge >= 0.3 is 0 Å². The van der Waals surface area contributed by atoms with E-state index in [-0.39, 0.29) is 10.6 Å². The van der Waals surface area contributed by atoms with Gasteiger partial charge in [-0.15, -0.1) is 0 Å². The van der Waals surface area contributed by atoms with Crippen LogP contribution in [0.5, 0.6) is 0 Å². The van der Waals surface area contributed by atoms with Crippen LogP contribution in [-0.4, -0.2) is 29.5 Å². The van der Waals surface area contributed by atoms with Gasteiger partial charge in [0.15, 0.2) is 0 Å². The van der Waals surface area contributed by atoms with Crippen LogP contribution in [0.4, 0.5) is 17.3 Å². The Morgan fingerprint density at radius 2 is 2.10 bits per heavy atom. The fraction of sp³-hybridized carbons (Fsp3) is 0.643. The Morgan fingerprint density at radius 3 is 2.65 bits per heavy atom. The van der Waals surface area contributed by atoms with Crippen LogP contribution in [0.2, 0.25) is 0 Å². The van der Waals surface area contributed by atoms with Crippen molar-refractivity contribution in [2.75, 3.05) is 29.9 Å². The summed E-state index contributed by atoms with van der Waals surface area (Å²) >= 11 is 0. The summed E-state index contributed by atoms with van der Waals surface area (Å²) in [5.74, 6) is 2.07. The molecule has 0 bridgehead atoms. The minimum atomic E-state index is -0.356. The lowest BCUT2D eigenvalue weighted by molar-refractivity contribution is -0.384. The van der Waals surface area contributed by atoms with Gasteiger partial charge in [-0.2, -0.15) is 0 Å². The van der Waals surface area contributed by atoms with Crippen molar-refractivity contribution in [3.63, 3.8) is 0 Å². The second-order valence-corrected chi connectivity index (χ2v) is 5.19. The lowest BCUT2D eigenvalue weighted by atomic mass is 9.94. The van der Waals surface area contributed by atoms with E-state index in [1.54, 1.807) is 6.07 Å². The Balaban J connectivity index is 2.20. The van der Waals surface area contributed by atoms with Crippen molar-refractivity contribution in [3.8, 4) is 0 Å². The monoisotopic (exact) mass is 278 g/mol. The Kier molecular flexibility index (Phi) is 4.76. The maximum absolute atomic E-state index is 11.0. The van der Waals surface area contributed by atoms with E-state index in [0.717, 1.165) is 31.8 Å². The van der Waals surface area contributed by atoms with E-state index in [1.807, 2.05) is 6.92 Å². The molecule has 110 valence electrons. The van der Waals surface area contributed by atoms with Crippen LogP contribution in [0.25, 0.3) is 0 Å². The molecule has 6 nitrogen and oxygen atoms in total. The third-order valence-corrected chi connectivity index (χ3v) is 3.88. The molecule has 0 aliphatic carbocycles. The fourth-order valence-corrected chi connectivity index (χ4v) is 2.61. The van der Waals surface area contributed by atoms with Gasteiger partial charge in [-0.25, -0.2) is 4.98 Å². The highest BCUT2D eigenvalue weighted by Crippen LogP contribution is 2.28. The zero-order chi connectivity index (χ0) is 14.5. The Hall–Kier alpha value is -1.85. The molecule has 1 aromatic heterocycles. The first kappa shape index (κ1) is 14.6. The van der Waals surface area contributed by atoms with Crippen LogP contribution in [0.15, 0.2) is 12.1 Å². The topological polar surface area (TPSA) is 71.3 Å². The van der Waals surface area contributed by atoms with Gasteiger partial charge in [0.1, 0.15) is 11.6 Å².